The molecule has 0 amide bonds. The number of methoxy groups -OCH3 is 1. The molecule has 1 aliphatic rings. The van der Waals surface area contributed by atoms with Gasteiger partial charge in [0, 0.05) is 0 Å². The van der Waals surface area contributed by atoms with E-state index >= 15 is 0 Å². The number of esters is 1. The molecule has 1 unspecified atom stereocenters. The second-order valence-corrected chi connectivity index (χ2v) is 6.03. The second-order valence-electron chi connectivity index (χ2n) is 5.24. The molecule has 0 spiro atoms. The van der Waals surface area contributed by atoms with E-state index < -0.39 is 5.97 Å². The topological polar surface area (TPSA) is 50.7 Å². The predicted octanol–water partition coefficient (Wildman–Crippen LogP) is 3.48. The molecule has 1 aromatic carbocycles. The zero-order valence-corrected chi connectivity index (χ0v) is 15.1. The molecular weight excluding hydrogens is 339 g/mol. The first kappa shape index (κ1) is 19.5. The van der Waals surface area contributed by atoms with Gasteiger partial charge in [-0.05, 0) is 42.0 Å². The zero-order valence-electron chi connectivity index (χ0n) is 13.4. The van der Waals surface area contributed by atoms with Gasteiger partial charge in [0.1, 0.15) is 5.82 Å². The van der Waals surface area contributed by atoms with E-state index in [2.05, 4.69) is 10.3 Å². The first-order valence-corrected chi connectivity index (χ1v) is 8.17. The Morgan fingerprint density at radius 3 is 2.43 bits per heavy atom. The lowest BCUT2D eigenvalue weighted by Gasteiger charge is -2.28. The van der Waals surface area contributed by atoms with Gasteiger partial charge in [0.05, 0.1) is 24.4 Å². The Hall–Kier alpha value is -1.53. The molecule has 4 nitrogen and oxygen atoms in total. The molecule has 7 heteroatoms. The minimum Gasteiger partial charge on any atom is -0.466 e. The standard InChI is InChI=1S/C16H19FN2O2S.ClH/c1-9(2)13-12(15(20)21-3)14(19-16(18-13)22-4)10-5-7-11(17)8-6-10;/h5-9,13H,1-4H3,(H,18,19);1H. The van der Waals surface area contributed by atoms with Crippen molar-refractivity contribution in [2.75, 3.05) is 13.4 Å². The van der Waals surface area contributed by atoms with E-state index in [4.69, 9.17) is 4.74 Å². The Bertz CT molecular complexity index is 629. The van der Waals surface area contributed by atoms with Crippen LogP contribution >= 0.6 is 24.2 Å². The van der Waals surface area contributed by atoms with Crippen LogP contribution in [-0.2, 0) is 9.53 Å². The van der Waals surface area contributed by atoms with Gasteiger partial charge in [0.25, 0.3) is 0 Å². The van der Waals surface area contributed by atoms with Gasteiger partial charge in [-0.25, -0.2) is 9.18 Å². The Morgan fingerprint density at radius 1 is 1.35 bits per heavy atom. The summed E-state index contributed by atoms with van der Waals surface area (Å²) in [6, 6.07) is 5.72. The number of halogens is 2. The van der Waals surface area contributed by atoms with Crippen molar-refractivity contribution in [1.29, 1.82) is 0 Å². The molecule has 0 saturated carbocycles. The summed E-state index contributed by atoms with van der Waals surface area (Å²) >= 11 is 1.47. The summed E-state index contributed by atoms with van der Waals surface area (Å²) in [6.07, 6.45) is 1.91. The maximum Gasteiger partial charge on any atom is 0.338 e. The number of benzene rings is 1. The molecule has 1 heterocycles. The van der Waals surface area contributed by atoms with E-state index in [0.717, 1.165) is 10.7 Å². The van der Waals surface area contributed by atoms with Crippen LogP contribution in [0.4, 0.5) is 4.39 Å². The molecule has 1 atom stereocenters. The summed E-state index contributed by atoms with van der Waals surface area (Å²) in [7, 11) is 1.35. The Kier molecular flexibility index (Phi) is 7.09. The minimum atomic E-state index is -0.422. The quantitative estimate of drug-likeness (QED) is 0.840. The van der Waals surface area contributed by atoms with Crippen molar-refractivity contribution >= 4 is 41.0 Å². The van der Waals surface area contributed by atoms with Crippen LogP contribution in [0.1, 0.15) is 19.4 Å². The van der Waals surface area contributed by atoms with Crippen LogP contribution < -0.4 is 5.32 Å². The lowest BCUT2D eigenvalue weighted by atomic mass is 9.91. The summed E-state index contributed by atoms with van der Waals surface area (Å²) in [5, 5.41) is 3.89. The van der Waals surface area contributed by atoms with Crippen molar-refractivity contribution < 1.29 is 13.9 Å². The highest BCUT2D eigenvalue weighted by molar-refractivity contribution is 8.13. The number of carbonyl (C=O) groups excluding carboxylic acids is 1. The number of rotatable bonds is 3. The average Bonchev–Trinajstić information content (AvgIpc) is 2.53. The molecule has 126 valence electrons. The third-order valence-corrected chi connectivity index (χ3v) is 4.01. The molecule has 23 heavy (non-hydrogen) atoms. The SMILES string of the molecule is COC(=O)C1=C(c2ccc(F)cc2)NC(SC)=NC1C(C)C.Cl. The van der Waals surface area contributed by atoms with Crippen molar-refractivity contribution in [3.05, 3.63) is 41.2 Å². The molecule has 1 N–H and O–H groups in total. The van der Waals surface area contributed by atoms with Crippen LogP contribution in [-0.4, -0.2) is 30.5 Å². The van der Waals surface area contributed by atoms with Gasteiger partial charge < -0.3 is 10.1 Å². The lowest BCUT2D eigenvalue weighted by molar-refractivity contribution is -0.136. The number of amidine groups is 1. The first-order chi connectivity index (χ1) is 10.5. The number of hydrogen-bond donors (Lipinski definition) is 1. The molecule has 0 fully saturated rings. The number of thioether (sulfide) groups is 1. The monoisotopic (exact) mass is 358 g/mol. The van der Waals surface area contributed by atoms with Gasteiger partial charge in [-0.1, -0.05) is 25.6 Å². The molecule has 0 bridgehead atoms. The highest BCUT2D eigenvalue weighted by atomic mass is 35.5. The third kappa shape index (κ3) is 4.26. The Morgan fingerprint density at radius 2 is 1.96 bits per heavy atom. The fourth-order valence-electron chi connectivity index (χ4n) is 2.31. The van der Waals surface area contributed by atoms with E-state index in [1.54, 1.807) is 12.1 Å². The van der Waals surface area contributed by atoms with E-state index in [-0.39, 0.29) is 30.2 Å². The Labute approximate surface area is 146 Å². The van der Waals surface area contributed by atoms with Crippen LogP contribution in [0.3, 0.4) is 0 Å². The lowest BCUT2D eigenvalue weighted by Crippen LogP contribution is -2.36. The van der Waals surface area contributed by atoms with E-state index in [1.165, 1.54) is 31.0 Å². The van der Waals surface area contributed by atoms with Crippen molar-refractivity contribution in [3.63, 3.8) is 0 Å². The van der Waals surface area contributed by atoms with Crippen LogP contribution in [0.5, 0.6) is 0 Å². The average molecular weight is 359 g/mol. The normalized spacial score (nSPS) is 17.3. The predicted molar refractivity (Wildman–Crippen MR) is 95.3 cm³/mol. The third-order valence-electron chi connectivity index (χ3n) is 3.42. The molecule has 0 aromatic heterocycles. The highest BCUT2D eigenvalue weighted by Gasteiger charge is 2.32. The summed E-state index contributed by atoms with van der Waals surface area (Å²) in [5.74, 6) is -0.609. The summed E-state index contributed by atoms with van der Waals surface area (Å²) in [5.41, 5.74) is 1.83. The molecular formula is C16H20ClFN2O2S. The minimum absolute atomic E-state index is 0. The molecule has 0 saturated heterocycles. The van der Waals surface area contributed by atoms with Gasteiger partial charge in [-0.3, -0.25) is 4.99 Å². The first-order valence-electron chi connectivity index (χ1n) is 6.95. The molecule has 2 rings (SSSR count). The van der Waals surface area contributed by atoms with Gasteiger partial charge in [0.2, 0.25) is 0 Å². The fourth-order valence-corrected chi connectivity index (χ4v) is 2.73. The smallest absolute Gasteiger partial charge is 0.338 e. The van der Waals surface area contributed by atoms with Crippen LogP contribution in [0, 0.1) is 11.7 Å². The second kappa shape index (κ2) is 8.36. The van der Waals surface area contributed by atoms with E-state index in [9.17, 15) is 9.18 Å². The van der Waals surface area contributed by atoms with E-state index in [1.807, 2.05) is 20.1 Å². The maximum atomic E-state index is 13.2. The van der Waals surface area contributed by atoms with E-state index in [0.29, 0.717) is 11.3 Å². The van der Waals surface area contributed by atoms with Crippen LogP contribution in [0.2, 0.25) is 0 Å². The number of aliphatic imine (C=N–C) groups is 1. The highest BCUT2D eigenvalue weighted by Crippen LogP contribution is 2.30. The van der Waals surface area contributed by atoms with Crippen LogP contribution in [0.25, 0.3) is 5.70 Å². The summed E-state index contributed by atoms with van der Waals surface area (Å²) < 4.78 is 18.1. The number of nitrogens with one attached hydrogen (secondary N) is 1. The molecule has 0 aliphatic carbocycles. The molecule has 0 radical (unpaired) electrons. The maximum absolute atomic E-state index is 13.2. The van der Waals surface area contributed by atoms with Gasteiger partial charge in [0.15, 0.2) is 5.17 Å². The van der Waals surface area contributed by atoms with Crippen molar-refractivity contribution in [1.82, 2.24) is 5.32 Å². The summed E-state index contributed by atoms with van der Waals surface area (Å²) in [4.78, 5) is 16.8. The summed E-state index contributed by atoms with van der Waals surface area (Å²) in [6.45, 7) is 4.01. The van der Waals surface area contributed by atoms with Gasteiger partial charge in [-0.2, -0.15) is 0 Å². The zero-order chi connectivity index (χ0) is 16.3. The van der Waals surface area contributed by atoms with Crippen molar-refractivity contribution in [2.45, 2.75) is 19.9 Å². The van der Waals surface area contributed by atoms with Gasteiger partial charge in [-0.15, -0.1) is 12.4 Å². The molecule has 1 aliphatic heterocycles. The van der Waals surface area contributed by atoms with Crippen LogP contribution in [0.15, 0.2) is 34.8 Å². The largest absolute Gasteiger partial charge is 0.466 e. The number of ether oxygens (including phenoxy) is 1. The fraction of sp³-hybridized carbons (Fsp3) is 0.375. The Balaban J connectivity index is 0.00000264. The van der Waals surface area contributed by atoms with Gasteiger partial charge >= 0.3 is 5.97 Å². The number of nitrogens with zero attached hydrogens (tertiary/aromatic N) is 1. The molecule has 1 aromatic rings. The number of carbonyl (C=O) groups is 1. The number of hydrogen-bond acceptors (Lipinski definition) is 5. The van der Waals surface area contributed by atoms with Crippen molar-refractivity contribution in [2.24, 2.45) is 10.9 Å². The van der Waals surface area contributed by atoms with Crippen molar-refractivity contribution in [3.8, 4) is 0 Å².